The molecule has 1 atom stereocenters. The maximum Gasteiger partial charge on any atom is 0.326 e. The standard InChI is InChI=1S/C18H24N2O6/c1-11(2)4-7-16(21)19-9-17(22)26-12(3)18(23)20-13-5-6-14-15(8-13)25-10-24-14/h5-6,8,11-12H,4,7,9-10H2,1-3H3,(H,19,21)(H,20,23). The zero-order valence-corrected chi connectivity index (χ0v) is 15.2. The van der Waals surface area contributed by atoms with Crippen molar-refractivity contribution in [2.24, 2.45) is 5.92 Å². The molecule has 0 radical (unpaired) electrons. The number of ether oxygens (including phenoxy) is 3. The summed E-state index contributed by atoms with van der Waals surface area (Å²) in [5, 5.41) is 5.12. The van der Waals surface area contributed by atoms with E-state index in [0.717, 1.165) is 6.42 Å². The molecule has 0 saturated heterocycles. The molecule has 142 valence electrons. The number of carbonyl (C=O) groups excluding carboxylic acids is 3. The van der Waals surface area contributed by atoms with Crippen LogP contribution in [0.5, 0.6) is 11.5 Å². The minimum Gasteiger partial charge on any atom is -0.454 e. The van der Waals surface area contributed by atoms with Crippen LogP contribution in [-0.2, 0) is 19.1 Å². The Hall–Kier alpha value is -2.77. The molecule has 8 heteroatoms. The maximum atomic E-state index is 12.1. The summed E-state index contributed by atoms with van der Waals surface area (Å²) in [6.45, 7) is 5.37. The van der Waals surface area contributed by atoms with Crippen molar-refractivity contribution in [1.82, 2.24) is 5.32 Å². The zero-order chi connectivity index (χ0) is 19.1. The molecular formula is C18H24N2O6. The summed E-state index contributed by atoms with van der Waals surface area (Å²) in [6, 6.07) is 4.97. The van der Waals surface area contributed by atoms with Crippen molar-refractivity contribution in [3.63, 3.8) is 0 Å². The van der Waals surface area contributed by atoms with Gasteiger partial charge in [-0.2, -0.15) is 0 Å². The number of hydrogen-bond donors (Lipinski definition) is 2. The summed E-state index contributed by atoms with van der Waals surface area (Å²) < 4.78 is 15.5. The Morgan fingerprint density at radius 2 is 1.88 bits per heavy atom. The predicted molar refractivity (Wildman–Crippen MR) is 93.8 cm³/mol. The highest BCUT2D eigenvalue weighted by atomic mass is 16.7. The van der Waals surface area contributed by atoms with Crippen molar-refractivity contribution >= 4 is 23.5 Å². The van der Waals surface area contributed by atoms with E-state index < -0.39 is 18.0 Å². The van der Waals surface area contributed by atoms with Gasteiger partial charge in [-0.25, -0.2) is 0 Å². The average Bonchev–Trinajstić information content (AvgIpc) is 3.05. The largest absolute Gasteiger partial charge is 0.454 e. The lowest BCUT2D eigenvalue weighted by atomic mass is 10.1. The molecular weight excluding hydrogens is 340 g/mol. The second-order valence-corrected chi connectivity index (χ2v) is 6.40. The number of fused-ring (bicyclic) bond motifs is 1. The van der Waals surface area contributed by atoms with E-state index in [9.17, 15) is 14.4 Å². The van der Waals surface area contributed by atoms with Crippen molar-refractivity contribution in [2.75, 3.05) is 18.7 Å². The second-order valence-electron chi connectivity index (χ2n) is 6.40. The lowest BCUT2D eigenvalue weighted by molar-refractivity contribution is -0.152. The van der Waals surface area contributed by atoms with Crippen LogP contribution in [0.3, 0.4) is 0 Å². The molecule has 0 spiro atoms. The molecule has 1 aliphatic rings. The first-order valence-electron chi connectivity index (χ1n) is 8.52. The van der Waals surface area contributed by atoms with Gasteiger partial charge in [0.25, 0.3) is 5.91 Å². The first-order valence-corrected chi connectivity index (χ1v) is 8.52. The van der Waals surface area contributed by atoms with Crippen LogP contribution >= 0.6 is 0 Å². The molecule has 26 heavy (non-hydrogen) atoms. The van der Waals surface area contributed by atoms with Crippen molar-refractivity contribution < 1.29 is 28.6 Å². The van der Waals surface area contributed by atoms with Gasteiger partial charge in [0.15, 0.2) is 17.6 Å². The van der Waals surface area contributed by atoms with Gasteiger partial charge in [-0.15, -0.1) is 0 Å². The van der Waals surface area contributed by atoms with Crippen LogP contribution in [0.15, 0.2) is 18.2 Å². The van der Waals surface area contributed by atoms with E-state index in [1.807, 2.05) is 13.8 Å². The fourth-order valence-corrected chi connectivity index (χ4v) is 2.19. The molecule has 2 N–H and O–H groups in total. The molecule has 0 fully saturated rings. The van der Waals surface area contributed by atoms with E-state index in [1.54, 1.807) is 18.2 Å². The van der Waals surface area contributed by atoms with Crippen LogP contribution in [0.4, 0.5) is 5.69 Å². The molecule has 2 rings (SSSR count). The van der Waals surface area contributed by atoms with Gasteiger partial charge in [-0.1, -0.05) is 13.8 Å². The molecule has 8 nitrogen and oxygen atoms in total. The lowest BCUT2D eigenvalue weighted by Gasteiger charge is -2.14. The smallest absolute Gasteiger partial charge is 0.326 e. The Bertz CT molecular complexity index is 674. The van der Waals surface area contributed by atoms with Crippen molar-refractivity contribution in [3.8, 4) is 11.5 Å². The average molecular weight is 364 g/mol. The van der Waals surface area contributed by atoms with Gasteiger partial charge in [-0.05, 0) is 31.4 Å². The van der Waals surface area contributed by atoms with Crippen LogP contribution in [-0.4, -0.2) is 37.2 Å². The molecule has 1 aromatic rings. The van der Waals surface area contributed by atoms with Crippen molar-refractivity contribution in [1.29, 1.82) is 0 Å². The first kappa shape index (κ1) is 19.6. The predicted octanol–water partition coefficient (Wildman–Crippen LogP) is 1.84. The third-order valence-corrected chi connectivity index (χ3v) is 3.70. The minimum absolute atomic E-state index is 0.142. The third kappa shape index (κ3) is 5.94. The topological polar surface area (TPSA) is 103 Å². The molecule has 1 heterocycles. The summed E-state index contributed by atoms with van der Waals surface area (Å²) in [6.07, 6.45) is 0.0980. The van der Waals surface area contributed by atoms with Gasteiger partial charge in [0.1, 0.15) is 6.54 Å². The third-order valence-electron chi connectivity index (χ3n) is 3.70. The van der Waals surface area contributed by atoms with Crippen LogP contribution in [0, 0.1) is 5.92 Å². The Balaban J connectivity index is 1.74. The van der Waals surface area contributed by atoms with E-state index in [1.165, 1.54) is 6.92 Å². The maximum absolute atomic E-state index is 12.1. The summed E-state index contributed by atoms with van der Waals surface area (Å²) in [5.41, 5.74) is 0.504. The normalized spacial score (nSPS) is 13.2. The van der Waals surface area contributed by atoms with Crippen LogP contribution in [0.2, 0.25) is 0 Å². The fourth-order valence-electron chi connectivity index (χ4n) is 2.19. The molecule has 0 aromatic heterocycles. The summed E-state index contributed by atoms with van der Waals surface area (Å²) in [4.78, 5) is 35.5. The van der Waals surface area contributed by atoms with E-state index >= 15 is 0 Å². The SMILES string of the molecule is CC(C)CCC(=O)NCC(=O)OC(C)C(=O)Nc1ccc2c(c1)OCO2. The summed E-state index contributed by atoms with van der Waals surface area (Å²) in [5.74, 6) is 0.188. The molecule has 0 saturated carbocycles. The highest BCUT2D eigenvalue weighted by molar-refractivity contribution is 5.95. The van der Waals surface area contributed by atoms with Crippen LogP contribution in [0.1, 0.15) is 33.6 Å². The van der Waals surface area contributed by atoms with E-state index in [-0.39, 0.29) is 19.2 Å². The quantitative estimate of drug-likeness (QED) is 0.682. The fraction of sp³-hybridized carbons (Fsp3) is 0.500. The number of benzene rings is 1. The van der Waals surface area contributed by atoms with E-state index in [0.29, 0.717) is 29.5 Å². The number of nitrogens with one attached hydrogen (secondary N) is 2. The van der Waals surface area contributed by atoms with Crippen molar-refractivity contribution in [3.05, 3.63) is 18.2 Å². The molecule has 0 bridgehead atoms. The molecule has 0 aliphatic carbocycles. The summed E-state index contributed by atoms with van der Waals surface area (Å²) >= 11 is 0. The zero-order valence-electron chi connectivity index (χ0n) is 15.2. The number of carbonyl (C=O) groups is 3. The van der Waals surface area contributed by atoms with E-state index in [2.05, 4.69) is 10.6 Å². The lowest BCUT2D eigenvalue weighted by Crippen LogP contribution is -2.35. The summed E-state index contributed by atoms with van der Waals surface area (Å²) in [7, 11) is 0. The molecule has 1 aromatic carbocycles. The van der Waals surface area contributed by atoms with Gasteiger partial charge in [0.2, 0.25) is 12.7 Å². The number of hydrogen-bond acceptors (Lipinski definition) is 6. The van der Waals surface area contributed by atoms with Gasteiger partial charge in [0.05, 0.1) is 0 Å². The van der Waals surface area contributed by atoms with E-state index in [4.69, 9.17) is 14.2 Å². The highest BCUT2D eigenvalue weighted by Crippen LogP contribution is 2.34. The first-order chi connectivity index (χ1) is 12.3. The molecule has 2 amide bonds. The monoisotopic (exact) mass is 364 g/mol. The van der Waals surface area contributed by atoms with Gasteiger partial charge in [-0.3, -0.25) is 14.4 Å². The second kappa shape index (κ2) is 9.07. The Labute approximate surface area is 152 Å². The number of esters is 1. The minimum atomic E-state index is -1.000. The number of anilines is 1. The number of amides is 2. The molecule has 1 unspecified atom stereocenters. The van der Waals surface area contributed by atoms with Crippen LogP contribution < -0.4 is 20.1 Å². The van der Waals surface area contributed by atoms with Gasteiger partial charge in [0, 0.05) is 18.2 Å². The Kier molecular flexibility index (Phi) is 6.82. The Morgan fingerprint density at radius 3 is 2.62 bits per heavy atom. The van der Waals surface area contributed by atoms with Crippen molar-refractivity contribution in [2.45, 2.75) is 39.7 Å². The Morgan fingerprint density at radius 1 is 1.15 bits per heavy atom. The highest BCUT2D eigenvalue weighted by Gasteiger charge is 2.20. The van der Waals surface area contributed by atoms with Crippen LogP contribution in [0.25, 0.3) is 0 Å². The molecule has 1 aliphatic heterocycles. The van der Waals surface area contributed by atoms with Gasteiger partial charge >= 0.3 is 5.97 Å². The van der Waals surface area contributed by atoms with Gasteiger partial charge < -0.3 is 24.8 Å². The number of rotatable bonds is 8.